The number of carbonyl (C=O) groups excluding carboxylic acids is 1. The van der Waals surface area contributed by atoms with Crippen LogP contribution in [0.15, 0.2) is 36.4 Å². The van der Waals surface area contributed by atoms with Crippen LogP contribution in [0.5, 0.6) is 5.75 Å². The maximum atomic E-state index is 14.8. The lowest BCUT2D eigenvalue weighted by Crippen LogP contribution is -2.33. The number of ketones is 1. The van der Waals surface area contributed by atoms with Gasteiger partial charge in [-0.25, -0.2) is 4.39 Å². The summed E-state index contributed by atoms with van der Waals surface area (Å²) < 4.78 is 21.3. The molecule has 1 saturated carbocycles. The number of carboxylic acid groups (broad SMARTS) is 1. The van der Waals surface area contributed by atoms with Crippen molar-refractivity contribution in [2.24, 2.45) is 11.3 Å². The van der Waals surface area contributed by atoms with E-state index in [4.69, 9.17) is 4.74 Å². The molecule has 4 rings (SSSR count). The van der Waals surface area contributed by atoms with Gasteiger partial charge in [-0.2, -0.15) is 0 Å². The summed E-state index contributed by atoms with van der Waals surface area (Å²) in [6, 6.07) is 10.4. The summed E-state index contributed by atoms with van der Waals surface area (Å²) >= 11 is 0. The molecule has 0 spiro atoms. The fourth-order valence-electron chi connectivity index (χ4n) is 6.34. The van der Waals surface area contributed by atoms with Crippen LogP contribution in [0, 0.1) is 17.2 Å². The molecule has 0 unspecified atom stereocenters. The molecular weight excluding hydrogens is 469 g/mol. The first-order valence-corrected chi connectivity index (χ1v) is 13.5. The SMILES string of the molecule is CC(C)c1c(F)cccc1-c1cc(CC(=O)O)ccc1O[C@@H]1CC[C@@H](CC(=O)[C@@H]2CC(C)(C)CN2C)C1. The first kappa shape index (κ1) is 27.3. The van der Waals surface area contributed by atoms with E-state index in [-0.39, 0.29) is 35.7 Å². The van der Waals surface area contributed by atoms with Gasteiger partial charge in [0.2, 0.25) is 0 Å². The molecule has 0 amide bonds. The van der Waals surface area contributed by atoms with Gasteiger partial charge in [0, 0.05) is 18.5 Å². The molecule has 1 heterocycles. The minimum absolute atomic E-state index is 0.00535. The normalized spacial score (nSPS) is 23.5. The third kappa shape index (κ3) is 6.40. The van der Waals surface area contributed by atoms with Gasteiger partial charge in [0.15, 0.2) is 0 Å². The Balaban J connectivity index is 1.52. The highest BCUT2D eigenvalue weighted by Crippen LogP contribution is 2.41. The Morgan fingerprint density at radius 2 is 1.92 bits per heavy atom. The molecule has 6 heteroatoms. The molecule has 0 bridgehead atoms. The second-order valence-electron chi connectivity index (χ2n) is 12.1. The van der Waals surface area contributed by atoms with E-state index in [9.17, 15) is 19.1 Å². The average Bonchev–Trinajstić information content (AvgIpc) is 3.35. The van der Waals surface area contributed by atoms with Crippen LogP contribution in [0.1, 0.15) is 76.8 Å². The smallest absolute Gasteiger partial charge is 0.307 e. The minimum atomic E-state index is -0.914. The fourth-order valence-corrected chi connectivity index (χ4v) is 6.34. The van der Waals surface area contributed by atoms with Crippen molar-refractivity contribution in [2.45, 2.75) is 84.3 Å². The maximum Gasteiger partial charge on any atom is 0.307 e. The Kier molecular flexibility index (Phi) is 8.08. The molecule has 2 fully saturated rings. The summed E-state index contributed by atoms with van der Waals surface area (Å²) in [5, 5.41) is 9.32. The number of carboxylic acids is 1. The Hall–Kier alpha value is -2.73. The quantitative estimate of drug-likeness (QED) is 0.419. The van der Waals surface area contributed by atoms with Crippen molar-refractivity contribution in [2.75, 3.05) is 13.6 Å². The molecule has 2 aromatic rings. The summed E-state index contributed by atoms with van der Waals surface area (Å²) in [7, 11) is 2.05. The number of hydrogen-bond donors (Lipinski definition) is 1. The van der Waals surface area contributed by atoms with Crippen molar-refractivity contribution in [1.29, 1.82) is 0 Å². The molecule has 2 aliphatic rings. The summed E-state index contributed by atoms with van der Waals surface area (Å²) in [4.78, 5) is 26.7. The molecule has 3 atom stereocenters. The highest BCUT2D eigenvalue weighted by atomic mass is 19.1. The van der Waals surface area contributed by atoms with Gasteiger partial charge in [0.1, 0.15) is 17.3 Å². The molecule has 200 valence electrons. The van der Waals surface area contributed by atoms with E-state index in [0.29, 0.717) is 35.0 Å². The number of benzene rings is 2. The predicted octanol–water partition coefficient (Wildman–Crippen LogP) is 6.48. The summed E-state index contributed by atoms with van der Waals surface area (Å²) in [6.07, 6.45) is 3.96. The van der Waals surface area contributed by atoms with Gasteiger partial charge in [0.05, 0.1) is 18.6 Å². The van der Waals surface area contributed by atoms with E-state index >= 15 is 0 Å². The van der Waals surface area contributed by atoms with Crippen LogP contribution in [0.2, 0.25) is 0 Å². The van der Waals surface area contributed by atoms with Gasteiger partial charge in [0.25, 0.3) is 0 Å². The number of likely N-dealkylation sites (N-methyl/N-ethyl adjacent to an activating group) is 1. The average molecular weight is 510 g/mol. The molecular formula is C31H40FNO4. The molecule has 1 aliphatic heterocycles. The lowest BCUT2D eigenvalue weighted by atomic mass is 9.87. The van der Waals surface area contributed by atoms with Crippen molar-refractivity contribution in [1.82, 2.24) is 4.90 Å². The number of rotatable bonds is 9. The maximum absolute atomic E-state index is 14.8. The standard InChI is InChI=1S/C31H40FNO4/c1-19(2)30-23(7-6-8-25(30)32)24-14-21(16-29(35)36)10-12-28(24)37-22-11-9-20(13-22)15-27(34)26-17-31(3,4)18-33(26)5/h6-8,10,12,14,19-20,22,26H,9,11,13,15-18H2,1-5H3,(H,35,36)/t20-,22-,26+/m1/s1. The van der Waals surface area contributed by atoms with Gasteiger partial charge < -0.3 is 9.84 Å². The Morgan fingerprint density at radius 3 is 2.57 bits per heavy atom. The van der Waals surface area contributed by atoms with Crippen molar-refractivity contribution in [3.63, 3.8) is 0 Å². The Labute approximate surface area is 220 Å². The van der Waals surface area contributed by atoms with E-state index in [0.717, 1.165) is 43.4 Å². The second kappa shape index (κ2) is 10.9. The van der Waals surface area contributed by atoms with Crippen LogP contribution in [0.25, 0.3) is 11.1 Å². The summed E-state index contributed by atoms with van der Waals surface area (Å²) in [5.41, 5.74) is 2.86. The zero-order valence-electron chi connectivity index (χ0n) is 22.7. The molecule has 1 N–H and O–H groups in total. The van der Waals surface area contributed by atoms with Gasteiger partial charge in [-0.15, -0.1) is 0 Å². The Morgan fingerprint density at radius 1 is 1.16 bits per heavy atom. The molecule has 1 saturated heterocycles. The highest BCUT2D eigenvalue weighted by molar-refractivity contribution is 5.84. The molecule has 2 aromatic carbocycles. The number of nitrogens with zero attached hydrogens (tertiary/aromatic N) is 1. The lowest BCUT2D eigenvalue weighted by molar-refractivity contribution is -0.136. The first-order valence-electron chi connectivity index (χ1n) is 13.5. The minimum Gasteiger partial charge on any atom is -0.490 e. The van der Waals surface area contributed by atoms with Crippen LogP contribution < -0.4 is 4.74 Å². The van der Waals surface area contributed by atoms with Gasteiger partial charge in [-0.05, 0) is 84.9 Å². The lowest BCUT2D eigenvalue weighted by Gasteiger charge is -2.21. The van der Waals surface area contributed by atoms with E-state index < -0.39 is 5.97 Å². The summed E-state index contributed by atoms with van der Waals surface area (Å²) in [5.74, 6) is 0.0243. The molecule has 1 aliphatic carbocycles. The number of halogens is 1. The van der Waals surface area contributed by atoms with Crippen LogP contribution in [-0.4, -0.2) is 47.5 Å². The van der Waals surface area contributed by atoms with E-state index in [1.54, 1.807) is 12.1 Å². The zero-order chi connectivity index (χ0) is 26.9. The summed E-state index contributed by atoms with van der Waals surface area (Å²) in [6.45, 7) is 9.28. The third-order valence-corrected chi connectivity index (χ3v) is 7.92. The van der Waals surface area contributed by atoms with Crippen molar-refractivity contribution in [3.05, 3.63) is 53.3 Å². The number of likely N-dealkylation sites (tertiary alicyclic amines) is 1. The van der Waals surface area contributed by atoms with Crippen LogP contribution in [-0.2, 0) is 16.0 Å². The number of carbonyl (C=O) groups is 2. The zero-order valence-corrected chi connectivity index (χ0v) is 22.7. The van der Waals surface area contributed by atoms with Crippen LogP contribution in [0.4, 0.5) is 4.39 Å². The van der Waals surface area contributed by atoms with Crippen LogP contribution in [0.3, 0.4) is 0 Å². The number of Topliss-reactive ketones (excluding diaryl/α,β-unsaturated/α-hetero) is 1. The van der Waals surface area contributed by atoms with E-state index in [1.165, 1.54) is 6.07 Å². The van der Waals surface area contributed by atoms with Crippen molar-refractivity contribution in [3.8, 4) is 16.9 Å². The molecule has 5 nitrogen and oxygen atoms in total. The van der Waals surface area contributed by atoms with E-state index in [2.05, 4.69) is 18.7 Å². The van der Waals surface area contributed by atoms with Gasteiger partial charge in [-0.3, -0.25) is 14.5 Å². The second-order valence-corrected chi connectivity index (χ2v) is 12.1. The third-order valence-electron chi connectivity index (χ3n) is 7.92. The first-order chi connectivity index (χ1) is 17.4. The van der Waals surface area contributed by atoms with Crippen LogP contribution >= 0.6 is 0 Å². The van der Waals surface area contributed by atoms with Crippen molar-refractivity contribution < 1.29 is 23.8 Å². The number of ether oxygens (including phenoxy) is 1. The highest BCUT2D eigenvalue weighted by Gasteiger charge is 2.40. The molecule has 37 heavy (non-hydrogen) atoms. The number of hydrogen-bond acceptors (Lipinski definition) is 4. The monoisotopic (exact) mass is 509 g/mol. The topological polar surface area (TPSA) is 66.8 Å². The number of aliphatic carboxylic acids is 1. The molecule has 0 radical (unpaired) electrons. The van der Waals surface area contributed by atoms with E-state index in [1.807, 2.05) is 39.1 Å². The predicted molar refractivity (Wildman–Crippen MR) is 143 cm³/mol. The fraction of sp³-hybridized carbons (Fsp3) is 0.548. The molecule has 0 aromatic heterocycles. The largest absolute Gasteiger partial charge is 0.490 e. The van der Waals surface area contributed by atoms with Gasteiger partial charge >= 0.3 is 5.97 Å². The van der Waals surface area contributed by atoms with Crippen molar-refractivity contribution >= 4 is 11.8 Å². The van der Waals surface area contributed by atoms with Gasteiger partial charge in [-0.1, -0.05) is 45.9 Å². The Bertz CT molecular complexity index is 1160.